The van der Waals surface area contributed by atoms with Crippen LogP contribution in [0, 0.1) is 6.92 Å². The molecule has 1 N–H and O–H groups in total. The Morgan fingerprint density at radius 1 is 1.15 bits per heavy atom. The lowest BCUT2D eigenvalue weighted by atomic mass is 10.2. The van der Waals surface area contributed by atoms with Crippen LogP contribution in [0.1, 0.15) is 15.4 Å². The molecule has 140 valence electrons. The van der Waals surface area contributed by atoms with E-state index in [1.54, 1.807) is 33.3 Å². The Bertz CT molecular complexity index is 1010. The SMILES string of the molecule is COc1ccc(-c2nc(C)c(C(=O)Nc3ccc(Br)cc3Cl)s2)cc1OC. The number of halogens is 2. The molecule has 27 heavy (non-hydrogen) atoms. The molecule has 3 aromatic rings. The van der Waals surface area contributed by atoms with E-state index in [0.29, 0.717) is 32.8 Å². The van der Waals surface area contributed by atoms with Crippen LogP contribution in [0.5, 0.6) is 11.5 Å². The fourth-order valence-corrected chi connectivity index (χ4v) is 4.15. The number of carbonyl (C=O) groups excluding carboxylic acids is 1. The summed E-state index contributed by atoms with van der Waals surface area (Å²) in [6, 6.07) is 10.8. The molecule has 5 nitrogen and oxygen atoms in total. The molecule has 0 aliphatic carbocycles. The van der Waals surface area contributed by atoms with Gasteiger partial charge in [0.2, 0.25) is 0 Å². The number of rotatable bonds is 5. The number of ether oxygens (including phenoxy) is 2. The number of methoxy groups -OCH3 is 2. The molecule has 0 radical (unpaired) electrons. The van der Waals surface area contributed by atoms with Crippen LogP contribution in [0.15, 0.2) is 40.9 Å². The maximum absolute atomic E-state index is 12.7. The topological polar surface area (TPSA) is 60.5 Å². The molecule has 1 amide bonds. The molecule has 3 rings (SSSR count). The normalized spacial score (nSPS) is 10.6. The number of nitrogens with zero attached hydrogens (tertiary/aromatic N) is 1. The fourth-order valence-electron chi connectivity index (χ4n) is 2.47. The molecule has 8 heteroatoms. The molecular weight excluding hydrogens is 452 g/mol. The zero-order chi connectivity index (χ0) is 19.6. The summed E-state index contributed by atoms with van der Waals surface area (Å²) in [5.74, 6) is 0.994. The van der Waals surface area contributed by atoms with Crippen molar-refractivity contribution in [3.05, 3.63) is 56.5 Å². The zero-order valence-corrected chi connectivity index (χ0v) is 18.0. The number of aromatic nitrogens is 1. The van der Waals surface area contributed by atoms with Crippen LogP contribution in [-0.4, -0.2) is 25.1 Å². The monoisotopic (exact) mass is 466 g/mol. The average Bonchev–Trinajstić information content (AvgIpc) is 3.05. The van der Waals surface area contributed by atoms with Crippen LogP contribution < -0.4 is 14.8 Å². The maximum atomic E-state index is 12.7. The number of hydrogen-bond acceptors (Lipinski definition) is 5. The van der Waals surface area contributed by atoms with Crippen molar-refractivity contribution in [2.24, 2.45) is 0 Å². The molecule has 1 aromatic heterocycles. The second-order valence-corrected chi connectivity index (χ2v) is 7.90. The minimum atomic E-state index is -0.249. The van der Waals surface area contributed by atoms with Gasteiger partial charge in [-0.3, -0.25) is 4.79 Å². The van der Waals surface area contributed by atoms with Crippen LogP contribution in [0.3, 0.4) is 0 Å². The van der Waals surface area contributed by atoms with Gasteiger partial charge in [0, 0.05) is 10.0 Å². The fraction of sp³-hybridized carbons (Fsp3) is 0.158. The van der Waals surface area contributed by atoms with E-state index in [0.717, 1.165) is 15.0 Å². The molecule has 0 atom stereocenters. The van der Waals surface area contributed by atoms with Crippen molar-refractivity contribution in [1.82, 2.24) is 4.98 Å². The van der Waals surface area contributed by atoms with Crippen LogP contribution >= 0.6 is 38.9 Å². The lowest BCUT2D eigenvalue weighted by Crippen LogP contribution is -2.11. The number of thiazole rings is 1. The molecule has 0 fully saturated rings. The van der Waals surface area contributed by atoms with Crippen LogP contribution in [0.25, 0.3) is 10.6 Å². The van der Waals surface area contributed by atoms with Crippen molar-refractivity contribution in [3.8, 4) is 22.1 Å². The van der Waals surface area contributed by atoms with Crippen molar-refractivity contribution in [1.29, 1.82) is 0 Å². The highest BCUT2D eigenvalue weighted by atomic mass is 79.9. The van der Waals surface area contributed by atoms with E-state index in [-0.39, 0.29) is 5.91 Å². The van der Waals surface area contributed by atoms with E-state index in [1.807, 2.05) is 24.3 Å². The largest absolute Gasteiger partial charge is 0.493 e. The highest BCUT2D eigenvalue weighted by Crippen LogP contribution is 2.35. The lowest BCUT2D eigenvalue weighted by molar-refractivity contribution is 0.103. The van der Waals surface area contributed by atoms with Gasteiger partial charge in [0.1, 0.15) is 9.88 Å². The first-order chi connectivity index (χ1) is 12.9. The lowest BCUT2D eigenvalue weighted by Gasteiger charge is -2.08. The van der Waals surface area contributed by atoms with Gasteiger partial charge in [0.05, 0.1) is 30.6 Å². The van der Waals surface area contributed by atoms with E-state index < -0.39 is 0 Å². The predicted octanol–water partition coefficient (Wildman–Crippen LogP) is 5.80. The Morgan fingerprint density at radius 2 is 1.89 bits per heavy atom. The van der Waals surface area contributed by atoms with E-state index in [1.165, 1.54) is 11.3 Å². The number of hydrogen-bond donors (Lipinski definition) is 1. The molecule has 0 aliphatic rings. The van der Waals surface area contributed by atoms with Gasteiger partial charge in [-0.25, -0.2) is 4.98 Å². The summed E-state index contributed by atoms with van der Waals surface area (Å²) in [7, 11) is 3.16. The van der Waals surface area contributed by atoms with Gasteiger partial charge in [-0.15, -0.1) is 11.3 Å². The molecule has 0 spiro atoms. The van der Waals surface area contributed by atoms with Crippen molar-refractivity contribution < 1.29 is 14.3 Å². The predicted molar refractivity (Wildman–Crippen MR) is 112 cm³/mol. The summed E-state index contributed by atoms with van der Waals surface area (Å²) >= 11 is 10.8. The Kier molecular flexibility index (Phi) is 6.04. The van der Waals surface area contributed by atoms with Crippen LogP contribution in [0.4, 0.5) is 5.69 Å². The molecule has 0 bridgehead atoms. The summed E-state index contributed by atoms with van der Waals surface area (Å²) in [5, 5.41) is 4.02. The second-order valence-electron chi connectivity index (χ2n) is 5.58. The summed E-state index contributed by atoms with van der Waals surface area (Å²) in [4.78, 5) is 17.7. The average molecular weight is 468 g/mol. The Morgan fingerprint density at radius 3 is 2.56 bits per heavy atom. The van der Waals surface area contributed by atoms with Gasteiger partial charge in [-0.05, 0) is 43.3 Å². The minimum absolute atomic E-state index is 0.249. The third-order valence-corrected chi connectivity index (χ3v) is 5.82. The van der Waals surface area contributed by atoms with Crippen molar-refractivity contribution in [2.75, 3.05) is 19.5 Å². The first-order valence-electron chi connectivity index (χ1n) is 7.89. The maximum Gasteiger partial charge on any atom is 0.267 e. The Balaban J connectivity index is 1.89. The third kappa shape index (κ3) is 4.26. The van der Waals surface area contributed by atoms with Crippen LogP contribution in [-0.2, 0) is 0 Å². The molecule has 1 heterocycles. The van der Waals surface area contributed by atoms with Gasteiger partial charge < -0.3 is 14.8 Å². The van der Waals surface area contributed by atoms with Crippen molar-refractivity contribution in [2.45, 2.75) is 6.92 Å². The third-order valence-electron chi connectivity index (χ3n) is 3.81. The quantitative estimate of drug-likeness (QED) is 0.515. The first-order valence-corrected chi connectivity index (χ1v) is 9.88. The molecule has 0 aliphatic heterocycles. The standard InChI is InChI=1S/C19H16BrClN2O3S/c1-10-17(18(24)23-14-6-5-12(20)9-13(14)21)27-19(22-10)11-4-7-15(25-2)16(8-11)26-3/h4-9H,1-3H3,(H,23,24). The Hall–Kier alpha value is -2.09. The molecule has 0 saturated heterocycles. The summed E-state index contributed by atoms with van der Waals surface area (Å²) in [6.45, 7) is 1.80. The number of carbonyl (C=O) groups is 1. The van der Waals surface area contributed by atoms with E-state index in [2.05, 4.69) is 26.2 Å². The number of anilines is 1. The highest BCUT2D eigenvalue weighted by molar-refractivity contribution is 9.10. The number of amides is 1. The van der Waals surface area contributed by atoms with Gasteiger partial charge in [0.15, 0.2) is 11.5 Å². The van der Waals surface area contributed by atoms with Gasteiger partial charge in [0.25, 0.3) is 5.91 Å². The van der Waals surface area contributed by atoms with Gasteiger partial charge >= 0.3 is 0 Å². The van der Waals surface area contributed by atoms with E-state index >= 15 is 0 Å². The molecular formula is C19H16BrClN2O3S. The highest BCUT2D eigenvalue weighted by Gasteiger charge is 2.18. The van der Waals surface area contributed by atoms with Gasteiger partial charge in [-0.1, -0.05) is 27.5 Å². The van der Waals surface area contributed by atoms with Crippen molar-refractivity contribution >= 4 is 50.5 Å². The van der Waals surface area contributed by atoms with Crippen molar-refractivity contribution in [3.63, 3.8) is 0 Å². The number of nitrogens with one attached hydrogen (secondary N) is 1. The summed E-state index contributed by atoms with van der Waals surface area (Å²) < 4.78 is 11.4. The molecule has 2 aromatic carbocycles. The number of aryl methyl sites for hydroxylation is 1. The first kappa shape index (κ1) is 19.7. The van der Waals surface area contributed by atoms with Gasteiger partial charge in [-0.2, -0.15) is 0 Å². The van der Waals surface area contributed by atoms with E-state index in [4.69, 9.17) is 21.1 Å². The molecule has 0 saturated carbocycles. The second kappa shape index (κ2) is 8.29. The Labute approximate surface area is 174 Å². The number of benzene rings is 2. The summed E-state index contributed by atoms with van der Waals surface area (Å²) in [5.41, 5.74) is 2.04. The van der Waals surface area contributed by atoms with Crippen LogP contribution in [0.2, 0.25) is 5.02 Å². The minimum Gasteiger partial charge on any atom is -0.493 e. The molecule has 0 unspecified atom stereocenters. The zero-order valence-electron chi connectivity index (χ0n) is 14.8. The summed E-state index contributed by atoms with van der Waals surface area (Å²) in [6.07, 6.45) is 0. The smallest absolute Gasteiger partial charge is 0.267 e. The van der Waals surface area contributed by atoms with E-state index in [9.17, 15) is 4.79 Å².